The molecule has 0 aliphatic heterocycles. The Morgan fingerprint density at radius 2 is 2.40 bits per heavy atom. The molecule has 2 nitrogen and oxygen atoms in total. The first kappa shape index (κ1) is 9.66. The van der Waals surface area contributed by atoms with Gasteiger partial charge in [0.05, 0.1) is 13.2 Å². The van der Waals surface area contributed by atoms with Gasteiger partial charge in [-0.05, 0) is 12.8 Å². The van der Waals surface area contributed by atoms with Crippen molar-refractivity contribution in [1.29, 1.82) is 0 Å². The number of nitrogens with two attached hydrogens (primary N) is 1. The molecule has 0 radical (unpaired) electrons. The quantitative estimate of drug-likeness (QED) is 0.449. The fourth-order valence-electron chi connectivity index (χ4n) is 0.519. The summed E-state index contributed by atoms with van der Waals surface area (Å²) in [5.74, 6) is 0. The summed E-state index contributed by atoms with van der Waals surface area (Å²) < 4.78 is 5.23. The average Bonchev–Trinajstić information content (AvgIpc) is 1.98. The highest BCUT2D eigenvalue weighted by Gasteiger charge is 1.96. The molecule has 0 heterocycles. The lowest BCUT2D eigenvalue weighted by Crippen LogP contribution is -2.25. The molecular formula is C8H17NO. The van der Waals surface area contributed by atoms with E-state index in [0.29, 0.717) is 6.61 Å². The van der Waals surface area contributed by atoms with E-state index in [-0.39, 0.29) is 6.04 Å². The standard InChI is InChI=1S/C8H17NO/c1-3-5-6-10-7-8(9)4-2/h3,8H,1,4-7,9H2,2H3. The van der Waals surface area contributed by atoms with Gasteiger partial charge in [-0.2, -0.15) is 0 Å². The van der Waals surface area contributed by atoms with Gasteiger partial charge in [0.2, 0.25) is 0 Å². The first-order valence-corrected chi connectivity index (χ1v) is 3.75. The van der Waals surface area contributed by atoms with Crippen LogP contribution in [-0.4, -0.2) is 19.3 Å². The molecule has 0 aliphatic rings. The summed E-state index contributed by atoms with van der Waals surface area (Å²) in [6.45, 7) is 7.06. The average molecular weight is 143 g/mol. The zero-order chi connectivity index (χ0) is 7.82. The maximum atomic E-state index is 5.60. The van der Waals surface area contributed by atoms with Crippen LogP contribution in [0.3, 0.4) is 0 Å². The van der Waals surface area contributed by atoms with Crippen LogP contribution >= 0.6 is 0 Å². The van der Waals surface area contributed by atoms with E-state index in [1.807, 2.05) is 6.08 Å². The molecule has 0 spiro atoms. The monoisotopic (exact) mass is 143 g/mol. The zero-order valence-corrected chi connectivity index (χ0v) is 6.68. The molecule has 60 valence electrons. The third-order valence-electron chi connectivity index (χ3n) is 1.32. The van der Waals surface area contributed by atoms with Gasteiger partial charge in [-0.1, -0.05) is 13.0 Å². The second-order valence-corrected chi connectivity index (χ2v) is 2.32. The van der Waals surface area contributed by atoms with Crippen molar-refractivity contribution < 1.29 is 4.74 Å². The van der Waals surface area contributed by atoms with E-state index < -0.39 is 0 Å². The molecule has 0 rings (SSSR count). The zero-order valence-electron chi connectivity index (χ0n) is 6.68. The second-order valence-electron chi connectivity index (χ2n) is 2.32. The maximum Gasteiger partial charge on any atom is 0.0617 e. The van der Waals surface area contributed by atoms with Gasteiger partial charge >= 0.3 is 0 Å². The molecule has 1 unspecified atom stereocenters. The molecule has 0 fully saturated rings. The van der Waals surface area contributed by atoms with Crippen LogP contribution in [0.25, 0.3) is 0 Å². The van der Waals surface area contributed by atoms with Crippen molar-refractivity contribution in [2.45, 2.75) is 25.8 Å². The Morgan fingerprint density at radius 1 is 1.70 bits per heavy atom. The smallest absolute Gasteiger partial charge is 0.0617 e. The summed E-state index contributed by atoms with van der Waals surface area (Å²) >= 11 is 0. The van der Waals surface area contributed by atoms with E-state index in [1.54, 1.807) is 0 Å². The Labute approximate surface area is 63.1 Å². The lowest BCUT2D eigenvalue weighted by atomic mass is 10.3. The van der Waals surface area contributed by atoms with Gasteiger partial charge in [0.25, 0.3) is 0 Å². The SMILES string of the molecule is C=CCCOCC(N)CC. The van der Waals surface area contributed by atoms with Crippen LogP contribution in [0.4, 0.5) is 0 Å². The maximum absolute atomic E-state index is 5.60. The first-order chi connectivity index (χ1) is 4.81. The fraction of sp³-hybridized carbons (Fsp3) is 0.750. The highest BCUT2D eigenvalue weighted by molar-refractivity contribution is 4.65. The predicted octanol–water partition coefficient (Wildman–Crippen LogP) is 1.32. The summed E-state index contributed by atoms with van der Waals surface area (Å²) in [7, 11) is 0. The normalized spacial score (nSPS) is 13.0. The Kier molecular flexibility index (Phi) is 6.55. The van der Waals surface area contributed by atoms with E-state index in [4.69, 9.17) is 10.5 Å². The van der Waals surface area contributed by atoms with Gasteiger partial charge < -0.3 is 10.5 Å². The molecule has 10 heavy (non-hydrogen) atoms. The van der Waals surface area contributed by atoms with Crippen LogP contribution in [0.15, 0.2) is 12.7 Å². The molecular weight excluding hydrogens is 126 g/mol. The molecule has 0 aromatic rings. The van der Waals surface area contributed by atoms with Gasteiger partial charge in [-0.15, -0.1) is 6.58 Å². The third kappa shape index (κ3) is 5.79. The molecule has 0 aromatic heterocycles. The number of hydrogen-bond acceptors (Lipinski definition) is 2. The summed E-state index contributed by atoms with van der Waals surface area (Å²) in [5.41, 5.74) is 5.60. The topological polar surface area (TPSA) is 35.2 Å². The van der Waals surface area contributed by atoms with Crippen molar-refractivity contribution in [2.75, 3.05) is 13.2 Å². The Hall–Kier alpha value is -0.340. The van der Waals surface area contributed by atoms with Crippen molar-refractivity contribution in [3.05, 3.63) is 12.7 Å². The molecule has 2 N–H and O–H groups in total. The van der Waals surface area contributed by atoms with Crippen molar-refractivity contribution in [3.8, 4) is 0 Å². The van der Waals surface area contributed by atoms with E-state index in [1.165, 1.54) is 0 Å². The molecule has 2 heteroatoms. The lowest BCUT2D eigenvalue weighted by molar-refractivity contribution is 0.124. The minimum Gasteiger partial charge on any atom is -0.380 e. The van der Waals surface area contributed by atoms with Crippen molar-refractivity contribution in [2.24, 2.45) is 5.73 Å². The third-order valence-corrected chi connectivity index (χ3v) is 1.32. The number of rotatable bonds is 6. The summed E-state index contributed by atoms with van der Waals surface area (Å²) in [4.78, 5) is 0. The molecule has 0 saturated carbocycles. The van der Waals surface area contributed by atoms with Crippen LogP contribution in [0, 0.1) is 0 Å². The lowest BCUT2D eigenvalue weighted by Gasteiger charge is -2.07. The first-order valence-electron chi connectivity index (χ1n) is 3.75. The van der Waals surface area contributed by atoms with Crippen LogP contribution in [0.1, 0.15) is 19.8 Å². The fourth-order valence-corrected chi connectivity index (χ4v) is 0.519. The van der Waals surface area contributed by atoms with E-state index in [9.17, 15) is 0 Å². The molecule has 0 bridgehead atoms. The summed E-state index contributed by atoms with van der Waals surface area (Å²) in [6, 6.07) is 0.199. The van der Waals surface area contributed by atoms with E-state index in [0.717, 1.165) is 19.4 Å². The van der Waals surface area contributed by atoms with Crippen LogP contribution < -0.4 is 5.73 Å². The minimum atomic E-state index is 0.199. The predicted molar refractivity (Wildman–Crippen MR) is 43.9 cm³/mol. The van der Waals surface area contributed by atoms with Crippen molar-refractivity contribution in [1.82, 2.24) is 0 Å². The van der Waals surface area contributed by atoms with Gasteiger partial charge in [0.1, 0.15) is 0 Å². The van der Waals surface area contributed by atoms with Gasteiger partial charge in [0, 0.05) is 6.04 Å². The van der Waals surface area contributed by atoms with E-state index >= 15 is 0 Å². The van der Waals surface area contributed by atoms with Crippen LogP contribution in [-0.2, 0) is 4.74 Å². The number of ether oxygens (including phenoxy) is 1. The molecule has 0 aromatic carbocycles. The molecule has 0 aliphatic carbocycles. The van der Waals surface area contributed by atoms with Crippen LogP contribution in [0.5, 0.6) is 0 Å². The van der Waals surface area contributed by atoms with Crippen LogP contribution in [0.2, 0.25) is 0 Å². The van der Waals surface area contributed by atoms with Gasteiger partial charge in [0.15, 0.2) is 0 Å². The molecule has 0 saturated heterocycles. The Bertz CT molecular complexity index is 83.3. The number of hydrogen-bond donors (Lipinski definition) is 1. The summed E-state index contributed by atoms with van der Waals surface area (Å²) in [5, 5.41) is 0. The largest absolute Gasteiger partial charge is 0.380 e. The van der Waals surface area contributed by atoms with E-state index in [2.05, 4.69) is 13.5 Å². The van der Waals surface area contributed by atoms with Crippen molar-refractivity contribution in [3.63, 3.8) is 0 Å². The molecule has 1 atom stereocenters. The van der Waals surface area contributed by atoms with Crippen molar-refractivity contribution >= 4 is 0 Å². The molecule has 0 amide bonds. The van der Waals surface area contributed by atoms with Gasteiger partial charge in [-0.3, -0.25) is 0 Å². The second kappa shape index (κ2) is 6.78. The highest BCUT2D eigenvalue weighted by atomic mass is 16.5. The van der Waals surface area contributed by atoms with Gasteiger partial charge in [-0.25, -0.2) is 0 Å². The minimum absolute atomic E-state index is 0.199. The Morgan fingerprint density at radius 3 is 2.90 bits per heavy atom. The highest BCUT2D eigenvalue weighted by Crippen LogP contribution is 1.89. The summed E-state index contributed by atoms with van der Waals surface area (Å²) in [6.07, 6.45) is 3.74. The Balaban J connectivity index is 2.95.